The molecule has 0 aromatic carbocycles. The molecule has 0 unspecified atom stereocenters. The monoisotopic (exact) mass is 199 g/mol. The minimum absolute atomic E-state index is 0.127. The number of hydrogen-bond donors (Lipinski definition) is 0. The largest absolute Gasteiger partial charge is 0.485 e. The van der Waals surface area contributed by atoms with Gasteiger partial charge in [-0.05, 0) is 12.1 Å². The van der Waals surface area contributed by atoms with E-state index in [-0.39, 0.29) is 6.10 Å². The molecule has 1 aliphatic heterocycles. The first-order valence-corrected chi connectivity index (χ1v) is 4.59. The minimum Gasteiger partial charge on any atom is -0.485 e. The van der Waals surface area contributed by atoms with Crippen LogP contribution in [-0.4, -0.2) is 24.3 Å². The van der Waals surface area contributed by atoms with Gasteiger partial charge in [-0.15, -0.1) is 0 Å². The van der Waals surface area contributed by atoms with Gasteiger partial charge >= 0.3 is 0 Å². The molecule has 0 aliphatic carbocycles. The van der Waals surface area contributed by atoms with Crippen molar-refractivity contribution in [2.75, 3.05) is 13.2 Å². The Kier molecular flexibility index (Phi) is 2.66. The van der Waals surface area contributed by atoms with Crippen molar-refractivity contribution in [2.24, 2.45) is 0 Å². The van der Waals surface area contributed by atoms with Crippen molar-refractivity contribution in [3.63, 3.8) is 0 Å². The minimum atomic E-state index is 0.127. The molecular formula is C9H10ClNO2. The van der Waals surface area contributed by atoms with E-state index >= 15 is 0 Å². The molecule has 4 heteroatoms. The van der Waals surface area contributed by atoms with Crippen molar-refractivity contribution < 1.29 is 9.47 Å². The smallest absolute Gasteiger partial charge is 0.171 e. The molecule has 1 fully saturated rings. The lowest BCUT2D eigenvalue weighted by Gasteiger charge is -2.11. The van der Waals surface area contributed by atoms with Crippen molar-refractivity contribution in [3.8, 4) is 5.75 Å². The molecule has 3 nitrogen and oxygen atoms in total. The Morgan fingerprint density at radius 1 is 1.62 bits per heavy atom. The lowest BCUT2D eigenvalue weighted by Crippen LogP contribution is -2.15. The van der Waals surface area contributed by atoms with E-state index < -0.39 is 0 Å². The van der Waals surface area contributed by atoms with Crippen LogP contribution in [0.5, 0.6) is 5.75 Å². The Balaban J connectivity index is 2.04. The summed E-state index contributed by atoms with van der Waals surface area (Å²) in [6, 6.07) is 3.62. The number of ether oxygens (including phenoxy) is 2. The summed E-state index contributed by atoms with van der Waals surface area (Å²) in [5, 5.41) is 0.411. The Morgan fingerprint density at radius 3 is 3.23 bits per heavy atom. The average Bonchev–Trinajstić information content (AvgIpc) is 2.61. The van der Waals surface area contributed by atoms with E-state index in [4.69, 9.17) is 21.1 Å². The maximum atomic E-state index is 5.83. The van der Waals surface area contributed by atoms with Gasteiger partial charge in [0, 0.05) is 12.6 Å². The SMILES string of the molecule is Clc1ncccc1O[C@@H]1CCOC1. The lowest BCUT2D eigenvalue weighted by atomic mass is 10.3. The van der Waals surface area contributed by atoms with Gasteiger partial charge in [0.1, 0.15) is 6.10 Å². The molecule has 0 spiro atoms. The predicted molar refractivity (Wildman–Crippen MR) is 49.1 cm³/mol. The molecule has 1 aromatic rings. The average molecular weight is 200 g/mol. The predicted octanol–water partition coefficient (Wildman–Crippen LogP) is 1.90. The summed E-state index contributed by atoms with van der Waals surface area (Å²) in [4.78, 5) is 3.92. The van der Waals surface area contributed by atoms with Crippen LogP contribution in [0.25, 0.3) is 0 Å². The molecule has 0 amide bonds. The lowest BCUT2D eigenvalue weighted by molar-refractivity contribution is 0.141. The highest BCUT2D eigenvalue weighted by Crippen LogP contribution is 2.23. The molecule has 0 N–H and O–H groups in total. The van der Waals surface area contributed by atoms with E-state index in [0.29, 0.717) is 17.5 Å². The molecule has 0 bridgehead atoms. The van der Waals surface area contributed by atoms with Gasteiger partial charge in [-0.3, -0.25) is 0 Å². The third kappa shape index (κ3) is 2.11. The van der Waals surface area contributed by atoms with Gasteiger partial charge in [0.05, 0.1) is 13.2 Å². The van der Waals surface area contributed by atoms with Gasteiger partial charge in [-0.25, -0.2) is 4.98 Å². The zero-order valence-electron chi connectivity index (χ0n) is 7.07. The molecule has 0 saturated carbocycles. The second kappa shape index (κ2) is 3.94. The summed E-state index contributed by atoms with van der Waals surface area (Å²) in [6.07, 6.45) is 2.69. The fourth-order valence-electron chi connectivity index (χ4n) is 1.24. The Bertz CT molecular complexity index is 287. The fraction of sp³-hybridized carbons (Fsp3) is 0.444. The molecular weight excluding hydrogens is 190 g/mol. The second-order valence-electron chi connectivity index (χ2n) is 2.90. The highest BCUT2D eigenvalue weighted by atomic mass is 35.5. The molecule has 13 heavy (non-hydrogen) atoms. The van der Waals surface area contributed by atoms with Gasteiger partial charge < -0.3 is 9.47 Å². The molecule has 0 radical (unpaired) electrons. The van der Waals surface area contributed by atoms with Crippen molar-refractivity contribution in [1.82, 2.24) is 4.98 Å². The summed E-state index contributed by atoms with van der Waals surface area (Å²) >= 11 is 5.83. The zero-order chi connectivity index (χ0) is 9.10. The van der Waals surface area contributed by atoms with Crippen LogP contribution in [0.1, 0.15) is 6.42 Å². The molecule has 70 valence electrons. The van der Waals surface area contributed by atoms with Crippen LogP contribution >= 0.6 is 11.6 Å². The maximum absolute atomic E-state index is 5.83. The summed E-state index contributed by atoms with van der Waals surface area (Å²) in [5.41, 5.74) is 0. The first-order valence-electron chi connectivity index (χ1n) is 4.21. The number of halogens is 1. The fourth-order valence-corrected chi connectivity index (χ4v) is 1.41. The Morgan fingerprint density at radius 2 is 2.54 bits per heavy atom. The first kappa shape index (κ1) is 8.78. The standard InChI is InChI=1S/C9H10ClNO2/c10-9-8(2-1-4-11-9)13-7-3-5-12-6-7/h1-2,4,7H,3,5-6H2/t7-/m1/s1. The van der Waals surface area contributed by atoms with Gasteiger partial charge in [0.15, 0.2) is 10.9 Å². The topological polar surface area (TPSA) is 31.4 Å². The van der Waals surface area contributed by atoms with Crippen LogP contribution in [-0.2, 0) is 4.74 Å². The molecule has 1 atom stereocenters. The maximum Gasteiger partial charge on any atom is 0.171 e. The Hall–Kier alpha value is -0.800. The first-order chi connectivity index (χ1) is 6.36. The third-order valence-corrected chi connectivity index (χ3v) is 2.19. The summed E-state index contributed by atoms with van der Waals surface area (Å²) < 4.78 is 10.8. The highest BCUT2D eigenvalue weighted by Gasteiger charge is 2.18. The van der Waals surface area contributed by atoms with E-state index in [0.717, 1.165) is 13.0 Å². The van der Waals surface area contributed by atoms with Gasteiger partial charge in [0.2, 0.25) is 0 Å². The molecule has 1 saturated heterocycles. The number of rotatable bonds is 2. The zero-order valence-corrected chi connectivity index (χ0v) is 7.83. The van der Waals surface area contributed by atoms with Crippen LogP contribution in [0.3, 0.4) is 0 Å². The van der Waals surface area contributed by atoms with Crippen LogP contribution in [0.15, 0.2) is 18.3 Å². The van der Waals surface area contributed by atoms with E-state index in [1.165, 1.54) is 0 Å². The van der Waals surface area contributed by atoms with Crippen molar-refractivity contribution in [3.05, 3.63) is 23.5 Å². The highest BCUT2D eigenvalue weighted by molar-refractivity contribution is 6.30. The Labute approximate surface area is 81.6 Å². The van der Waals surface area contributed by atoms with Crippen LogP contribution in [0, 0.1) is 0 Å². The van der Waals surface area contributed by atoms with Crippen LogP contribution < -0.4 is 4.74 Å². The summed E-state index contributed by atoms with van der Waals surface area (Å²) in [7, 11) is 0. The quantitative estimate of drug-likeness (QED) is 0.682. The van der Waals surface area contributed by atoms with Crippen molar-refractivity contribution >= 4 is 11.6 Å². The van der Waals surface area contributed by atoms with Crippen LogP contribution in [0.2, 0.25) is 5.15 Å². The van der Waals surface area contributed by atoms with Gasteiger partial charge in [-0.2, -0.15) is 0 Å². The van der Waals surface area contributed by atoms with Crippen molar-refractivity contribution in [2.45, 2.75) is 12.5 Å². The van der Waals surface area contributed by atoms with Gasteiger partial charge in [-0.1, -0.05) is 11.6 Å². The van der Waals surface area contributed by atoms with E-state index in [9.17, 15) is 0 Å². The normalized spacial score (nSPS) is 21.8. The number of nitrogens with zero attached hydrogens (tertiary/aromatic N) is 1. The third-order valence-electron chi connectivity index (χ3n) is 1.91. The summed E-state index contributed by atoms with van der Waals surface area (Å²) in [6.45, 7) is 1.41. The number of hydrogen-bond acceptors (Lipinski definition) is 3. The molecule has 1 aromatic heterocycles. The van der Waals surface area contributed by atoms with E-state index in [1.807, 2.05) is 6.07 Å². The molecule has 1 aliphatic rings. The van der Waals surface area contributed by atoms with Gasteiger partial charge in [0.25, 0.3) is 0 Å². The second-order valence-corrected chi connectivity index (χ2v) is 3.25. The summed E-state index contributed by atoms with van der Waals surface area (Å²) in [5.74, 6) is 0.639. The van der Waals surface area contributed by atoms with Crippen molar-refractivity contribution in [1.29, 1.82) is 0 Å². The number of aromatic nitrogens is 1. The van der Waals surface area contributed by atoms with Crippen LogP contribution in [0.4, 0.5) is 0 Å². The molecule has 2 rings (SSSR count). The molecule has 2 heterocycles. The van der Waals surface area contributed by atoms with E-state index in [1.54, 1.807) is 12.3 Å². The van der Waals surface area contributed by atoms with E-state index in [2.05, 4.69) is 4.98 Å². The number of pyridine rings is 1.